The van der Waals surface area contributed by atoms with E-state index in [1.165, 1.54) is 23.1 Å². The van der Waals surface area contributed by atoms with Crippen molar-refractivity contribution in [2.75, 3.05) is 11.1 Å². The van der Waals surface area contributed by atoms with E-state index >= 15 is 0 Å². The van der Waals surface area contributed by atoms with Crippen molar-refractivity contribution in [1.29, 1.82) is 0 Å². The zero-order chi connectivity index (χ0) is 18.7. The van der Waals surface area contributed by atoms with Crippen LogP contribution in [0.15, 0.2) is 29.4 Å². The summed E-state index contributed by atoms with van der Waals surface area (Å²) in [5.41, 5.74) is 3.16. The minimum absolute atomic E-state index is 0.0909. The maximum Gasteiger partial charge on any atom is 0.236 e. The topological polar surface area (TPSA) is 72.7 Å². The molecule has 0 saturated carbocycles. The van der Waals surface area contributed by atoms with Crippen LogP contribution >= 0.6 is 23.1 Å². The van der Waals surface area contributed by atoms with Gasteiger partial charge in [0.05, 0.1) is 11.4 Å². The Labute approximate surface area is 161 Å². The summed E-state index contributed by atoms with van der Waals surface area (Å²) < 4.78 is 2.04. The summed E-state index contributed by atoms with van der Waals surface area (Å²) in [5.74, 6) is 1.01. The molecule has 136 valence electrons. The fourth-order valence-corrected chi connectivity index (χ4v) is 4.15. The SMILES string of the molecule is CCn1c(SCC(=O)Nc2nc(C)c(C)s2)nnc1-c1ccccc1C. The van der Waals surface area contributed by atoms with E-state index in [2.05, 4.69) is 40.4 Å². The standard InChI is InChI=1S/C18H21N5OS2/c1-5-23-16(14-9-7-6-8-11(14)2)21-22-18(23)25-10-15(24)20-17-19-12(3)13(4)26-17/h6-9H,5,10H2,1-4H3,(H,19,20,24). The highest BCUT2D eigenvalue weighted by Crippen LogP contribution is 2.26. The fourth-order valence-electron chi connectivity index (χ4n) is 2.52. The van der Waals surface area contributed by atoms with E-state index in [0.717, 1.165) is 39.2 Å². The van der Waals surface area contributed by atoms with Gasteiger partial charge in [0.15, 0.2) is 16.1 Å². The van der Waals surface area contributed by atoms with Gasteiger partial charge >= 0.3 is 0 Å². The van der Waals surface area contributed by atoms with Gasteiger partial charge in [-0.15, -0.1) is 21.5 Å². The largest absolute Gasteiger partial charge is 0.302 e. The summed E-state index contributed by atoms with van der Waals surface area (Å²) in [7, 11) is 0. The van der Waals surface area contributed by atoms with Crippen LogP contribution in [-0.2, 0) is 11.3 Å². The summed E-state index contributed by atoms with van der Waals surface area (Å²) in [6, 6.07) is 8.10. The number of carbonyl (C=O) groups excluding carboxylic acids is 1. The van der Waals surface area contributed by atoms with Crippen molar-refractivity contribution in [1.82, 2.24) is 19.7 Å². The maximum absolute atomic E-state index is 12.2. The van der Waals surface area contributed by atoms with Gasteiger partial charge in [-0.05, 0) is 33.3 Å². The first kappa shape index (κ1) is 18.6. The molecule has 1 amide bonds. The number of amides is 1. The molecule has 3 rings (SSSR count). The van der Waals surface area contributed by atoms with Gasteiger partial charge in [0.2, 0.25) is 5.91 Å². The number of anilines is 1. The average Bonchev–Trinajstić information content (AvgIpc) is 3.16. The number of carbonyl (C=O) groups is 1. The quantitative estimate of drug-likeness (QED) is 0.645. The molecule has 2 heterocycles. The lowest BCUT2D eigenvalue weighted by atomic mass is 10.1. The Morgan fingerprint density at radius 2 is 2.00 bits per heavy atom. The predicted molar refractivity (Wildman–Crippen MR) is 107 cm³/mol. The van der Waals surface area contributed by atoms with Crippen LogP contribution < -0.4 is 5.32 Å². The van der Waals surface area contributed by atoms with Gasteiger partial charge in [0.1, 0.15) is 0 Å². The molecule has 26 heavy (non-hydrogen) atoms. The third-order valence-electron chi connectivity index (χ3n) is 4.03. The molecule has 8 heteroatoms. The fraction of sp³-hybridized carbons (Fsp3) is 0.333. The lowest BCUT2D eigenvalue weighted by Gasteiger charge is -2.09. The number of aryl methyl sites for hydroxylation is 3. The summed E-state index contributed by atoms with van der Waals surface area (Å²) in [6.45, 7) is 8.78. The summed E-state index contributed by atoms with van der Waals surface area (Å²) in [6.07, 6.45) is 0. The Morgan fingerprint density at radius 1 is 1.23 bits per heavy atom. The van der Waals surface area contributed by atoms with Gasteiger partial charge in [-0.2, -0.15) is 0 Å². The number of nitrogens with one attached hydrogen (secondary N) is 1. The first-order valence-electron chi connectivity index (χ1n) is 8.35. The Balaban J connectivity index is 1.70. The molecule has 3 aromatic rings. The van der Waals surface area contributed by atoms with E-state index in [9.17, 15) is 4.79 Å². The smallest absolute Gasteiger partial charge is 0.236 e. The summed E-state index contributed by atoms with van der Waals surface area (Å²) in [4.78, 5) is 17.7. The second kappa shape index (κ2) is 8.01. The van der Waals surface area contributed by atoms with Crippen molar-refractivity contribution in [3.8, 4) is 11.4 Å². The van der Waals surface area contributed by atoms with Crippen LogP contribution in [0.5, 0.6) is 0 Å². The van der Waals surface area contributed by atoms with Gasteiger partial charge < -0.3 is 9.88 Å². The molecule has 1 aromatic carbocycles. The molecule has 0 saturated heterocycles. The van der Waals surface area contributed by atoms with Gasteiger partial charge in [0, 0.05) is 17.0 Å². The molecule has 0 spiro atoms. The monoisotopic (exact) mass is 387 g/mol. The van der Waals surface area contributed by atoms with Crippen molar-refractivity contribution < 1.29 is 4.79 Å². The van der Waals surface area contributed by atoms with Crippen LogP contribution in [0.4, 0.5) is 5.13 Å². The normalized spacial score (nSPS) is 10.9. The first-order chi connectivity index (χ1) is 12.5. The number of hydrogen-bond donors (Lipinski definition) is 1. The van der Waals surface area contributed by atoms with E-state index in [1.54, 1.807) is 0 Å². The molecule has 0 aliphatic carbocycles. The molecule has 0 unspecified atom stereocenters. The highest BCUT2D eigenvalue weighted by Gasteiger charge is 2.16. The number of thiazole rings is 1. The minimum atomic E-state index is -0.0909. The lowest BCUT2D eigenvalue weighted by molar-refractivity contribution is -0.113. The van der Waals surface area contributed by atoms with Crippen molar-refractivity contribution in [2.45, 2.75) is 39.4 Å². The maximum atomic E-state index is 12.2. The van der Waals surface area contributed by atoms with E-state index in [4.69, 9.17) is 0 Å². The van der Waals surface area contributed by atoms with Crippen LogP contribution in [-0.4, -0.2) is 31.4 Å². The third-order valence-corrected chi connectivity index (χ3v) is 5.98. The van der Waals surface area contributed by atoms with Crippen LogP contribution in [0.3, 0.4) is 0 Å². The molecule has 0 fully saturated rings. The van der Waals surface area contributed by atoms with Gasteiger partial charge in [-0.1, -0.05) is 36.0 Å². The molecule has 0 aliphatic rings. The van der Waals surface area contributed by atoms with Crippen molar-refractivity contribution >= 4 is 34.1 Å². The highest BCUT2D eigenvalue weighted by molar-refractivity contribution is 7.99. The molecule has 6 nitrogen and oxygen atoms in total. The number of rotatable bonds is 6. The van der Waals surface area contributed by atoms with Crippen molar-refractivity contribution in [2.24, 2.45) is 0 Å². The van der Waals surface area contributed by atoms with E-state index in [0.29, 0.717) is 5.13 Å². The molecular formula is C18H21N5OS2. The molecule has 0 radical (unpaired) electrons. The van der Waals surface area contributed by atoms with Crippen molar-refractivity contribution in [3.05, 3.63) is 40.4 Å². The number of nitrogens with zero attached hydrogens (tertiary/aromatic N) is 4. The molecule has 0 atom stereocenters. The zero-order valence-electron chi connectivity index (χ0n) is 15.2. The highest BCUT2D eigenvalue weighted by atomic mass is 32.2. The number of hydrogen-bond acceptors (Lipinski definition) is 6. The van der Waals surface area contributed by atoms with Gasteiger partial charge in [0.25, 0.3) is 0 Å². The van der Waals surface area contributed by atoms with Crippen LogP contribution in [0, 0.1) is 20.8 Å². The predicted octanol–water partition coefficient (Wildman–Crippen LogP) is 4.08. The summed E-state index contributed by atoms with van der Waals surface area (Å²) in [5, 5.41) is 12.9. The Kier molecular flexibility index (Phi) is 5.73. The Bertz CT molecular complexity index is 912. The molecular weight excluding hydrogens is 366 g/mol. The molecule has 1 N–H and O–H groups in total. The Morgan fingerprint density at radius 3 is 2.65 bits per heavy atom. The number of benzene rings is 1. The van der Waals surface area contributed by atoms with E-state index in [1.807, 2.05) is 36.6 Å². The first-order valence-corrected chi connectivity index (χ1v) is 10.2. The average molecular weight is 388 g/mol. The number of thioether (sulfide) groups is 1. The van der Waals surface area contributed by atoms with Gasteiger partial charge in [-0.25, -0.2) is 4.98 Å². The van der Waals surface area contributed by atoms with Crippen LogP contribution in [0.1, 0.15) is 23.1 Å². The Hall–Kier alpha value is -2.19. The molecule has 0 bridgehead atoms. The second-order valence-electron chi connectivity index (χ2n) is 5.86. The third kappa shape index (κ3) is 3.96. The molecule has 2 aromatic heterocycles. The zero-order valence-corrected chi connectivity index (χ0v) is 16.9. The van der Waals surface area contributed by atoms with Crippen LogP contribution in [0.25, 0.3) is 11.4 Å². The van der Waals surface area contributed by atoms with Gasteiger partial charge in [-0.3, -0.25) is 4.79 Å². The minimum Gasteiger partial charge on any atom is -0.302 e. The van der Waals surface area contributed by atoms with E-state index < -0.39 is 0 Å². The van der Waals surface area contributed by atoms with Crippen LogP contribution in [0.2, 0.25) is 0 Å². The van der Waals surface area contributed by atoms with Crippen molar-refractivity contribution in [3.63, 3.8) is 0 Å². The second-order valence-corrected chi connectivity index (χ2v) is 8.01. The number of aromatic nitrogens is 4. The summed E-state index contributed by atoms with van der Waals surface area (Å²) >= 11 is 2.88. The lowest BCUT2D eigenvalue weighted by Crippen LogP contribution is -2.14. The van der Waals surface area contributed by atoms with E-state index in [-0.39, 0.29) is 11.7 Å². The molecule has 0 aliphatic heterocycles.